The van der Waals surface area contributed by atoms with Crippen molar-refractivity contribution in [3.8, 4) is 0 Å². The van der Waals surface area contributed by atoms with E-state index in [1.807, 2.05) is 10.7 Å². The number of nitrogens with two attached hydrogens (primary N) is 1. The van der Waals surface area contributed by atoms with Gasteiger partial charge >= 0.3 is 0 Å². The molecule has 0 fully saturated rings. The van der Waals surface area contributed by atoms with Gasteiger partial charge < -0.3 is 0 Å². The van der Waals surface area contributed by atoms with E-state index in [-0.39, 0.29) is 12.1 Å². The lowest BCUT2D eigenvalue weighted by Crippen LogP contribution is -2.31. The SMILES string of the molecule is CC(C)n1ncc(Br)c1C(NN)c1cc(Cl)sc1Cl. The third-order valence-electron chi connectivity index (χ3n) is 2.71. The van der Waals surface area contributed by atoms with Gasteiger partial charge in [-0.05, 0) is 35.8 Å². The van der Waals surface area contributed by atoms with Gasteiger partial charge in [-0.2, -0.15) is 5.10 Å². The van der Waals surface area contributed by atoms with Crippen LogP contribution in [-0.4, -0.2) is 9.78 Å². The standard InChI is InChI=1S/C11H13BrCl2N4S/c1-5(2)18-10(7(12)4-16-18)9(17-15)6-3-8(13)19-11(6)14/h3-5,9,17H,15H2,1-2H3. The molecule has 0 aromatic carbocycles. The van der Waals surface area contributed by atoms with Gasteiger partial charge in [0.25, 0.3) is 0 Å². The zero-order valence-corrected chi connectivity index (χ0v) is 14.2. The minimum atomic E-state index is -0.268. The highest BCUT2D eigenvalue weighted by Gasteiger charge is 2.25. The van der Waals surface area contributed by atoms with Crippen LogP contribution in [0.1, 0.15) is 37.2 Å². The average molecular weight is 384 g/mol. The number of aromatic nitrogens is 2. The van der Waals surface area contributed by atoms with E-state index in [4.69, 9.17) is 29.0 Å². The zero-order chi connectivity index (χ0) is 14.2. The minimum Gasteiger partial charge on any atom is -0.271 e. The van der Waals surface area contributed by atoms with Crippen LogP contribution in [0.15, 0.2) is 16.7 Å². The van der Waals surface area contributed by atoms with Gasteiger partial charge in [-0.15, -0.1) is 11.3 Å². The van der Waals surface area contributed by atoms with Gasteiger partial charge in [0.05, 0.1) is 31.1 Å². The van der Waals surface area contributed by atoms with Crippen LogP contribution in [0.3, 0.4) is 0 Å². The molecular formula is C11H13BrCl2N4S. The summed E-state index contributed by atoms with van der Waals surface area (Å²) in [6, 6.07) is 1.77. The molecule has 19 heavy (non-hydrogen) atoms. The van der Waals surface area contributed by atoms with Crippen LogP contribution < -0.4 is 11.3 Å². The fraction of sp³-hybridized carbons (Fsp3) is 0.364. The summed E-state index contributed by atoms with van der Waals surface area (Å²) in [4.78, 5) is 0. The van der Waals surface area contributed by atoms with E-state index < -0.39 is 0 Å². The molecule has 0 radical (unpaired) electrons. The summed E-state index contributed by atoms with van der Waals surface area (Å²) in [5.74, 6) is 5.70. The van der Waals surface area contributed by atoms with Crippen molar-refractivity contribution in [3.63, 3.8) is 0 Å². The first-order valence-corrected chi connectivity index (χ1v) is 7.96. The molecule has 0 saturated carbocycles. The maximum absolute atomic E-state index is 6.21. The number of thiophene rings is 1. The van der Waals surface area contributed by atoms with Gasteiger partial charge in [-0.3, -0.25) is 10.5 Å². The summed E-state index contributed by atoms with van der Waals surface area (Å²) in [6.07, 6.45) is 1.75. The largest absolute Gasteiger partial charge is 0.271 e. The predicted molar refractivity (Wildman–Crippen MR) is 83.8 cm³/mol. The first-order valence-electron chi connectivity index (χ1n) is 5.59. The lowest BCUT2D eigenvalue weighted by atomic mass is 10.1. The minimum absolute atomic E-state index is 0.213. The van der Waals surface area contributed by atoms with Gasteiger partial charge in [0.2, 0.25) is 0 Å². The van der Waals surface area contributed by atoms with Gasteiger partial charge in [-0.1, -0.05) is 23.2 Å². The molecule has 2 aromatic rings. The Morgan fingerprint density at radius 1 is 1.47 bits per heavy atom. The van der Waals surface area contributed by atoms with Gasteiger partial charge in [0.1, 0.15) is 0 Å². The zero-order valence-electron chi connectivity index (χ0n) is 10.3. The van der Waals surface area contributed by atoms with E-state index in [0.717, 1.165) is 15.7 Å². The molecule has 1 atom stereocenters. The Kier molecular flexibility index (Phi) is 4.92. The Morgan fingerprint density at radius 2 is 2.16 bits per heavy atom. The summed E-state index contributed by atoms with van der Waals surface area (Å²) in [5, 5.41) is 4.35. The molecule has 8 heteroatoms. The molecule has 1 unspecified atom stereocenters. The molecule has 2 heterocycles. The Morgan fingerprint density at radius 3 is 2.63 bits per heavy atom. The highest BCUT2D eigenvalue weighted by Crippen LogP contribution is 2.39. The van der Waals surface area contributed by atoms with E-state index in [1.54, 1.807) is 6.20 Å². The molecule has 0 bridgehead atoms. The van der Waals surface area contributed by atoms with Crippen LogP contribution in [0.5, 0.6) is 0 Å². The van der Waals surface area contributed by atoms with Crippen molar-refractivity contribution < 1.29 is 0 Å². The number of halogens is 3. The maximum Gasteiger partial charge on any atom is 0.0996 e. The van der Waals surface area contributed by atoms with Gasteiger partial charge in [0.15, 0.2) is 0 Å². The van der Waals surface area contributed by atoms with Crippen molar-refractivity contribution in [1.29, 1.82) is 0 Å². The lowest BCUT2D eigenvalue weighted by molar-refractivity contribution is 0.476. The molecule has 2 rings (SSSR count). The van der Waals surface area contributed by atoms with E-state index in [1.165, 1.54) is 11.3 Å². The fourth-order valence-electron chi connectivity index (χ4n) is 1.90. The number of nitrogens with one attached hydrogen (secondary N) is 1. The molecule has 0 amide bonds. The smallest absolute Gasteiger partial charge is 0.0996 e. The maximum atomic E-state index is 6.21. The van der Waals surface area contributed by atoms with Crippen molar-refractivity contribution in [2.75, 3.05) is 0 Å². The highest BCUT2D eigenvalue weighted by atomic mass is 79.9. The fourth-order valence-corrected chi connectivity index (χ4v) is 3.93. The van der Waals surface area contributed by atoms with Crippen molar-refractivity contribution in [3.05, 3.63) is 36.7 Å². The van der Waals surface area contributed by atoms with Crippen LogP contribution in [0.4, 0.5) is 0 Å². The van der Waals surface area contributed by atoms with E-state index >= 15 is 0 Å². The summed E-state index contributed by atoms with van der Waals surface area (Å²) in [6.45, 7) is 4.11. The number of rotatable bonds is 4. The van der Waals surface area contributed by atoms with Crippen LogP contribution in [0.2, 0.25) is 8.67 Å². The quantitative estimate of drug-likeness (QED) is 0.615. The Balaban J connectivity index is 2.54. The van der Waals surface area contributed by atoms with Crippen LogP contribution in [0, 0.1) is 0 Å². The van der Waals surface area contributed by atoms with Gasteiger partial charge in [0, 0.05) is 11.6 Å². The summed E-state index contributed by atoms with van der Waals surface area (Å²) >= 11 is 17.0. The second-order valence-corrected chi connectivity index (χ2v) is 7.44. The normalized spacial score (nSPS) is 13.2. The third-order valence-corrected chi connectivity index (χ3v) is 4.84. The summed E-state index contributed by atoms with van der Waals surface area (Å²) in [5.41, 5.74) is 4.56. The second-order valence-electron chi connectivity index (χ2n) is 4.30. The Bertz CT molecular complexity index is 581. The molecule has 0 aliphatic heterocycles. The number of hydrogen-bond acceptors (Lipinski definition) is 4. The summed E-state index contributed by atoms with van der Waals surface area (Å²) < 4.78 is 4.03. The number of hydrogen-bond donors (Lipinski definition) is 2. The monoisotopic (exact) mass is 382 g/mol. The molecule has 0 aliphatic carbocycles. The molecule has 0 aliphatic rings. The Hall–Kier alpha value is -0.110. The first kappa shape index (κ1) is 15.3. The second kappa shape index (κ2) is 6.11. The molecule has 3 N–H and O–H groups in total. The van der Waals surface area contributed by atoms with Crippen molar-refractivity contribution in [1.82, 2.24) is 15.2 Å². The van der Waals surface area contributed by atoms with Crippen molar-refractivity contribution >= 4 is 50.5 Å². The van der Waals surface area contributed by atoms with E-state index in [2.05, 4.69) is 40.3 Å². The lowest BCUT2D eigenvalue weighted by Gasteiger charge is -2.20. The van der Waals surface area contributed by atoms with Gasteiger partial charge in [-0.25, -0.2) is 5.43 Å². The molecule has 0 spiro atoms. The number of hydrazine groups is 1. The molecule has 2 aromatic heterocycles. The average Bonchev–Trinajstić information content (AvgIpc) is 2.85. The number of nitrogens with zero attached hydrogens (tertiary/aromatic N) is 2. The van der Waals surface area contributed by atoms with E-state index in [9.17, 15) is 0 Å². The molecule has 104 valence electrons. The molecule has 0 saturated heterocycles. The third kappa shape index (κ3) is 2.99. The summed E-state index contributed by atoms with van der Waals surface area (Å²) in [7, 11) is 0. The van der Waals surface area contributed by atoms with E-state index in [0.29, 0.717) is 8.67 Å². The molecular weight excluding hydrogens is 371 g/mol. The van der Waals surface area contributed by atoms with Crippen LogP contribution >= 0.6 is 50.5 Å². The van der Waals surface area contributed by atoms with Crippen molar-refractivity contribution in [2.45, 2.75) is 25.9 Å². The van der Waals surface area contributed by atoms with Crippen molar-refractivity contribution in [2.24, 2.45) is 5.84 Å². The van der Waals surface area contributed by atoms with Crippen LogP contribution in [-0.2, 0) is 0 Å². The highest BCUT2D eigenvalue weighted by molar-refractivity contribution is 9.10. The predicted octanol–water partition coefficient (Wildman–Crippen LogP) is 4.15. The Labute approximate surface area is 134 Å². The van der Waals surface area contributed by atoms with Crippen LogP contribution in [0.25, 0.3) is 0 Å². The topological polar surface area (TPSA) is 55.9 Å². The first-order chi connectivity index (χ1) is 8.95. The molecule has 4 nitrogen and oxygen atoms in total.